The first-order chi connectivity index (χ1) is 19.1. The van der Waals surface area contributed by atoms with Crippen molar-refractivity contribution in [2.45, 2.75) is 72.0 Å². The quantitative estimate of drug-likeness (QED) is 0.430. The molecule has 0 aliphatic carbocycles. The molecule has 1 unspecified atom stereocenters. The van der Waals surface area contributed by atoms with Crippen LogP contribution in [0.25, 0.3) is 0 Å². The van der Waals surface area contributed by atoms with Gasteiger partial charge in [0.05, 0.1) is 29.8 Å². The first-order valence-corrected chi connectivity index (χ1v) is 15.5. The van der Waals surface area contributed by atoms with Crippen molar-refractivity contribution in [1.82, 2.24) is 9.21 Å². The molecule has 13 heteroatoms. The van der Waals surface area contributed by atoms with Crippen LogP contribution in [-0.2, 0) is 20.4 Å². The Labute approximate surface area is 244 Å². The SMILES string of the molecule is CC1(O)C[C@H]2COC[C@@H](C1)N2C[C@H]1CN(S(=O)(=O)c2ccccc2S)CCN1c1ccc([C@](C)(O)C(F)(F)F)cc1. The summed E-state index contributed by atoms with van der Waals surface area (Å²) in [5.74, 6) is 0. The van der Waals surface area contributed by atoms with Gasteiger partial charge in [-0.25, -0.2) is 8.42 Å². The maximum Gasteiger partial charge on any atom is 0.421 e. The molecule has 2 bridgehead atoms. The van der Waals surface area contributed by atoms with Crippen LogP contribution in [0.15, 0.2) is 58.3 Å². The van der Waals surface area contributed by atoms with Gasteiger partial charge in [-0.05, 0) is 56.5 Å². The molecule has 3 aliphatic rings. The Morgan fingerprint density at radius 3 is 2.24 bits per heavy atom. The van der Waals surface area contributed by atoms with Crippen LogP contribution in [0.4, 0.5) is 18.9 Å². The third kappa shape index (κ3) is 5.99. The van der Waals surface area contributed by atoms with E-state index in [0.29, 0.717) is 49.7 Å². The second-order valence-corrected chi connectivity index (χ2v) is 14.1. The van der Waals surface area contributed by atoms with Gasteiger partial charge in [-0.1, -0.05) is 24.3 Å². The number of ether oxygens (including phenoxy) is 1. The molecule has 0 spiro atoms. The van der Waals surface area contributed by atoms with Gasteiger partial charge in [0.25, 0.3) is 0 Å². The molecular formula is C28H36F3N3O5S2. The highest BCUT2D eigenvalue weighted by atomic mass is 32.2. The first-order valence-electron chi connectivity index (χ1n) is 13.6. The molecule has 3 fully saturated rings. The summed E-state index contributed by atoms with van der Waals surface area (Å²) in [6.07, 6.45) is -3.80. The largest absolute Gasteiger partial charge is 0.421 e. The van der Waals surface area contributed by atoms with Crippen LogP contribution in [0, 0.1) is 0 Å². The molecule has 0 amide bonds. The predicted octanol–water partition coefficient (Wildman–Crippen LogP) is 3.24. The number of piperidine rings is 1. The van der Waals surface area contributed by atoms with E-state index in [0.717, 1.165) is 6.92 Å². The van der Waals surface area contributed by atoms with Crippen molar-refractivity contribution in [1.29, 1.82) is 0 Å². The van der Waals surface area contributed by atoms with Crippen LogP contribution in [-0.4, -0.2) is 97.1 Å². The molecule has 0 aromatic heterocycles. The molecule has 226 valence electrons. The summed E-state index contributed by atoms with van der Waals surface area (Å²) in [6.45, 7) is 4.57. The summed E-state index contributed by atoms with van der Waals surface area (Å²) in [5.41, 5.74) is -3.46. The molecule has 3 heterocycles. The molecule has 41 heavy (non-hydrogen) atoms. The lowest BCUT2D eigenvalue weighted by Gasteiger charge is -2.53. The number of rotatable bonds is 6. The second-order valence-electron chi connectivity index (χ2n) is 11.7. The number of fused-ring (bicyclic) bond motifs is 2. The maximum absolute atomic E-state index is 13.7. The Bertz CT molecular complexity index is 1340. The maximum atomic E-state index is 13.7. The van der Waals surface area contributed by atoms with Crippen molar-refractivity contribution < 1.29 is 36.5 Å². The predicted molar refractivity (Wildman–Crippen MR) is 151 cm³/mol. The number of hydrogen-bond donors (Lipinski definition) is 3. The molecular weight excluding hydrogens is 579 g/mol. The minimum absolute atomic E-state index is 0.0474. The van der Waals surface area contributed by atoms with E-state index in [9.17, 15) is 31.8 Å². The number of anilines is 1. The molecule has 2 aromatic rings. The molecule has 0 saturated carbocycles. The smallest absolute Gasteiger partial charge is 0.390 e. The number of hydrogen-bond acceptors (Lipinski definition) is 8. The van der Waals surface area contributed by atoms with Crippen LogP contribution in [0.5, 0.6) is 0 Å². The van der Waals surface area contributed by atoms with Crippen molar-refractivity contribution in [3.8, 4) is 0 Å². The third-order valence-corrected chi connectivity index (χ3v) is 11.0. The topological polar surface area (TPSA) is 93.6 Å². The van der Waals surface area contributed by atoms with E-state index in [1.165, 1.54) is 22.5 Å². The minimum Gasteiger partial charge on any atom is -0.390 e. The summed E-state index contributed by atoms with van der Waals surface area (Å²) < 4.78 is 74.9. The molecule has 5 atom stereocenters. The summed E-state index contributed by atoms with van der Waals surface area (Å²) in [6, 6.07) is 11.7. The van der Waals surface area contributed by atoms with E-state index in [1.54, 1.807) is 30.3 Å². The second kappa shape index (κ2) is 11.0. The number of aliphatic hydroxyl groups is 2. The van der Waals surface area contributed by atoms with E-state index < -0.39 is 27.4 Å². The van der Waals surface area contributed by atoms with Crippen molar-refractivity contribution >= 4 is 28.3 Å². The van der Waals surface area contributed by atoms with Gasteiger partial charge in [0.15, 0.2) is 5.60 Å². The Morgan fingerprint density at radius 1 is 1.05 bits per heavy atom. The molecule has 2 N–H and O–H groups in total. The number of benzene rings is 2. The first kappa shape index (κ1) is 30.6. The Kier molecular flexibility index (Phi) is 8.21. The number of piperazine rings is 1. The van der Waals surface area contributed by atoms with Gasteiger partial charge >= 0.3 is 6.18 Å². The highest BCUT2D eigenvalue weighted by Crippen LogP contribution is 2.40. The normalized spacial score (nSPS) is 29.8. The standard InChI is InChI=1S/C28H36F3N3O5S2/c1-26(35)13-21-17-39-18-22(14-26)34(21)16-23-15-32(41(37,38)25-6-4-3-5-24(25)40)11-12-33(23)20-9-7-19(8-10-20)27(2,36)28(29,30)31/h3-10,21-23,35-36,40H,11-18H2,1-2H3/t21-,22+,23-,26?,27+/m1/s1. The lowest BCUT2D eigenvalue weighted by molar-refractivity contribution is -0.258. The van der Waals surface area contributed by atoms with Crippen LogP contribution >= 0.6 is 12.6 Å². The molecule has 3 aliphatic heterocycles. The summed E-state index contributed by atoms with van der Waals surface area (Å²) in [5, 5.41) is 20.9. The van der Waals surface area contributed by atoms with E-state index in [2.05, 4.69) is 17.5 Å². The minimum atomic E-state index is -4.84. The van der Waals surface area contributed by atoms with Crippen LogP contribution in [0.3, 0.4) is 0 Å². The summed E-state index contributed by atoms with van der Waals surface area (Å²) >= 11 is 4.36. The molecule has 5 rings (SSSR count). The number of alkyl halides is 3. The van der Waals surface area contributed by atoms with Gasteiger partial charge in [0.1, 0.15) is 0 Å². The average molecular weight is 616 g/mol. The van der Waals surface area contributed by atoms with Crippen LogP contribution < -0.4 is 4.90 Å². The van der Waals surface area contributed by atoms with Gasteiger partial charge in [-0.3, -0.25) is 4.90 Å². The van der Waals surface area contributed by atoms with Crippen LogP contribution in [0.1, 0.15) is 32.3 Å². The molecule has 0 radical (unpaired) electrons. The van der Waals surface area contributed by atoms with Gasteiger partial charge in [-0.2, -0.15) is 17.5 Å². The molecule has 3 saturated heterocycles. The van der Waals surface area contributed by atoms with E-state index in [-0.39, 0.29) is 41.7 Å². The monoisotopic (exact) mass is 615 g/mol. The Morgan fingerprint density at radius 2 is 1.66 bits per heavy atom. The summed E-state index contributed by atoms with van der Waals surface area (Å²) in [7, 11) is -3.86. The fraction of sp³-hybridized carbons (Fsp3) is 0.571. The van der Waals surface area contributed by atoms with Crippen molar-refractivity contribution in [3.05, 3.63) is 54.1 Å². The fourth-order valence-electron chi connectivity index (χ4n) is 6.32. The van der Waals surface area contributed by atoms with Crippen molar-refractivity contribution in [2.75, 3.05) is 44.3 Å². The molecule has 8 nitrogen and oxygen atoms in total. The zero-order valence-corrected chi connectivity index (χ0v) is 24.7. The highest BCUT2D eigenvalue weighted by molar-refractivity contribution is 7.90. The van der Waals surface area contributed by atoms with Crippen molar-refractivity contribution in [3.63, 3.8) is 0 Å². The zero-order valence-electron chi connectivity index (χ0n) is 23.0. The average Bonchev–Trinajstić information content (AvgIpc) is 2.88. The third-order valence-electron chi connectivity index (χ3n) is 8.57. The summed E-state index contributed by atoms with van der Waals surface area (Å²) in [4.78, 5) is 4.77. The lowest BCUT2D eigenvalue weighted by Crippen LogP contribution is -2.66. The fourth-order valence-corrected chi connectivity index (χ4v) is 8.38. The number of sulfonamides is 1. The number of nitrogens with zero attached hydrogens (tertiary/aromatic N) is 3. The van der Waals surface area contributed by atoms with Crippen molar-refractivity contribution in [2.24, 2.45) is 0 Å². The van der Waals surface area contributed by atoms with Gasteiger partial charge in [0.2, 0.25) is 10.0 Å². The number of halogens is 3. The van der Waals surface area contributed by atoms with Gasteiger partial charge in [0, 0.05) is 48.8 Å². The Balaban J connectivity index is 1.45. The number of thiol groups is 1. The van der Waals surface area contributed by atoms with Gasteiger partial charge < -0.3 is 19.8 Å². The molecule has 2 aromatic carbocycles. The van der Waals surface area contributed by atoms with Crippen LogP contribution in [0.2, 0.25) is 0 Å². The van der Waals surface area contributed by atoms with E-state index >= 15 is 0 Å². The van der Waals surface area contributed by atoms with E-state index in [1.807, 2.05) is 11.8 Å². The Hall–Kier alpha value is -1.87. The lowest BCUT2D eigenvalue weighted by atomic mass is 9.82. The highest BCUT2D eigenvalue weighted by Gasteiger charge is 2.51. The van der Waals surface area contributed by atoms with Gasteiger partial charge in [-0.15, -0.1) is 12.6 Å². The van der Waals surface area contributed by atoms with E-state index in [4.69, 9.17) is 4.74 Å². The zero-order chi connectivity index (χ0) is 29.8. The number of morpholine rings is 1.